The number of rotatable bonds is 47. The first kappa shape index (κ1) is 60.2. The number of esters is 1. The van der Waals surface area contributed by atoms with Gasteiger partial charge in [0, 0.05) is 13.0 Å². The lowest BCUT2D eigenvalue weighted by Gasteiger charge is -2.24. The molecule has 2 unspecified atom stereocenters. The molecule has 362 valence electrons. The van der Waals surface area contributed by atoms with Crippen molar-refractivity contribution in [3.05, 3.63) is 60.8 Å². The van der Waals surface area contributed by atoms with E-state index in [9.17, 15) is 14.3 Å². The second kappa shape index (κ2) is 45.8. The van der Waals surface area contributed by atoms with E-state index in [0.29, 0.717) is 24.1 Å². The van der Waals surface area contributed by atoms with Crippen molar-refractivity contribution < 1.29 is 37.3 Å². The highest BCUT2D eigenvalue weighted by molar-refractivity contribution is 7.47. The number of nitrogens with zero attached hydrogens (tertiary/aromatic N) is 1. The van der Waals surface area contributed by atoms with Crippen LogP contribution in [-0.4, -0.2) is 75.6 Å². The topological polar surface area (TPSA) is 91.3 Å². The summed E-state index contributed by atoms with van der Waals surface area (Å²) in [7, 11) is 1.63. The Kier molecular flexibility index (Phi) is 44.4. The highest BCUT2D eigenvalue weighted by atomic mass is 31.2. The van der Waals surface area contributed by atoms with Crippen LogP contribution in [0.15, 0.2) is 60.8 Å². The molecule has 0 aliphatic carbocycles. The summed E-state index contributed by atoms with van der Waals surface area (Å²) in [5.41, 5.74) is 0. The lowest BCUT2D eigenvalue weighted by atomic mass is 10.0. The minimum atomic E-state index is -4.30. The number of hydrogen-bond acceptors (Lipinski definition) is 6. The quantitative estimate of drug-likeness (QED) is 0.0214. The standard InChI is InChI=1S/C53H98NO7P/c1-6-8-10-12-14-16-18-20-22-24-25-26-27-28-29-31-33-35-37-39-41-43-45-48-58-50-52(51-60-62(56,57)59-49-47-54(3,4)5)61-53(55)46-44-42-40-38-36-34-32-30-23-21-19-17-15-13-11-9-7-2/h9,11,15,17,21,23,32,34,38,40,52H,6-8,10,12-14,16,18-20,22,24-31,33,35-37,39,41-51H2,1-5H3/p+1/b11-9-,17-15-,23-21-,34-32-,40-38-. The molecule has 62 heavy (non-hydrogen) atoms. The Bertz CT molecular complexity index is 1170. The van der Waals surface area contributed by atoms with Crippen molar-refractivity contribution >= 4 is 13.8 Å². The molecule has 0 radical (unpaired) electrons. The molecule has 0 saturated carbocycles. The SMILES string of the molecule is CC/C=C\C/C=C\C/C=C\C/C=C\C/C=C\CCCC(=O)OC(COCCCCCCCCCCCCCCCCCCCCCCCCC)COP(=O)(O)OCC[N+](C)(C)C. The molecule has 0 aromatic heterocycles. The monoisotopic (exact) mass is 893 g/mol. The largest absolute Gasteiger partial charge is 0.472 e. The van der Waals surface area contributed by atoms with Gasteiger partial charge in [-0.2, -0.15) is 0 Å². The van der Waals surface area contributed by atoms with E-state index in [2.05, 4.69) is 74.6 Å². The lowest BCUT2D eigenvalue weighted by Crippen LogP contribution is -2.37. The third-order valence-corrected chi connectivity index (χ3v) is 11.8. The van der Waals surface area contributed by atoms with Gasteiger partial charge in [0.15, 0.2) is 0 Å². The van der Waals surface area contributed by atoms with Gasteiger partial charge in [-0.15, -0.1) is 0 Å². The van der Waals surface area contributed by atoms with E-state index in [1.54, 1.807) is 0 Å². The third kappa shape index (κ3) is 49.2. The molecule has 1 N–H and O–H groups in total. The molecule has 0 saturated heterocycles. The predicted octanol–water partition coefficient (Wildman–Crippen LogP) is 15.7. The number of likely N-dealkylation sites (N-methyl/N-ethyl adjacent to an activating group) is 1. The minimum absolute atomic E-state index is 0.0770. The molecule has 0 aromatic carbocycles. The predicted molar refractivity (Wildman–Crippen MR) is 266 cm³/mol. The van der Waals surface area contributed by atoms with Crippen molar-refractivity contribution in [3.63, 3.8) is 0 Å². The average Bonchev–Trinajstić information content (AvgIpc) is 3.23. The Morgan fingerprint density at radius 2 is 0.919 bits per heavy atom. The van der Waals surface area contributed by atoms with Crippen LogP contribution in [0.3, 0.4) is 0 Å². The zero-order valence-electron chi connectivity index (χ0n) is 41.1. The number of quaternary nitrogens is 1. The summed E-state index contributed by atoms with van der Waals surface area (Å²) >= 11 is 0. The fourth-order valence-corrected chi connectivity index (χ4v) is 7.68. The number of phosphoric acid groups is 1. The van der Waals surface area contributed by atoms with E-state index in [1.165, 1.54) is 135 Å². The number of hydrogen-bond donors (Lipinski definition) is 1. The Labute approximate surface area is 383 Å². The first-order valence-electron chi connectivity index (χ1n) is 25.5. The van der Waals surface area contributed by atoms with Gasteiger partial charge in [0.2, 0.25) is 0 Å². The first-order chi connectivity index (χ1) is 30.1. The fourth-order valence-electron chi connectivity index (χ4n) is 6.94. The van der Waals surface area contributed by atoms with E-state index in [-0.39, 0.29) is 32.2 Å². The molecule has 0 aliphatic rings. The summed E-state index contributed by atoms with van der Waals surface area (Å²) in [4.78, 5) is 22.9. The number of unbranched alkanes of at least 4 members (excludes halogenated alkanes) is 23. The van der Waals surface area contributed by atoms with Gasteiger partial charge in [0.25, 0.3) is 0 Å². The van der Waals surface area contributed by atoms with Crippen LogP contribution >= 0.6 is 7.82 Å². The molecule has 8 nitrogen and oxygen atoms in total. The molecule has 0 rings (SSSR count). The molecule has 9 heteroatoms. The van der Waals surface area contributed by atoms with E-state index in [0.717, 1.165) is 51.4 Å². The summed E-state index contributed by atoms with van der Waals surface area (Å²) in [5, 5.41) is 0. The molecular formula is C53H99NO7P+. The van der Waals surface area contributed by atoms with Crippen LogP contribution < -0.4 is 0 Å². The third-order valence-electron chi connectivity index (χ3n) is 10.8. The van der Waals surface area contributed by atoms with Crippen LogP contribution in [0.25, 0.3) is 0 Å². The summed E-state index contributed by atoms with van der Waals surface area (Å²) in [6, 6.07) is 0. The van der Waals surface area contributed by atoms with Crippen molar-refractivity contribution in [1.82, 2.24) is 0 Å². The lowest BCUT2D eigenvalue weighted by molar-refractivity contribution is -0.870. The molecule has 0 bridgehead atoms. The minimum Gasteiger partial charge on any atom is -0.457 e. The van der Waals surface area contributed by atoms with Crippen molar-refractivity contribution in [2.45, 2.75) is 219 Å². The maximum Gasteiger partial charge on any atom is 0.472 e. The second-order valence-corrected chi connectivity index (χ2v) is 19.6. The summed E-state index contributed by atoms with van der Waals surface area (Å²) in [6.45, 7) is 5.46. The zero-order valence-corrected chi connectivity index (χ0v) is 42.0. The highest BCUT2D eigenvalue weighted by Crippen LogP contribution is 2.43. The Hall–Kier alpha value is -1.80. The van der Waals surface area contributed by atoms with Gasteiger partial charge in [-0.1, -0.05) is 216 Å². The van der Waals surface area contributed by atoms with Crippen LogP contribution in [0, 0.1) is 0 Å². The Morgan fingerprint density at radius 3 is 1.34 bits per heavy atom. The van der Waals surface area contributed by atoms with Crippen LogP contribution in [-0.2, 0) is 27.9 Å². The second-order valence-electron chi connectivity index (χ2n) is 18.2. The molecule has 2 atom stereocenters. The van der Waals surface area contributed by atoms with E-state index in [1.807, 2.05) is 21.1 Å². The highest BCUT2D eigenvalue weighted by Gasteiger charge is 2.26. The van der Waals surface area contributed by atoms with Crippen molar-refractivity contribution in [1.29, 1.82) is 0 Å². The number of allylic oxidation sites excluding steroid dienone is 10. The van der Waals surface area contributed by atoms with Gasteiger partial charge in [-0.3, -0.25) is 13.8 Å². The first-order valence-corrected chi connectivity index (χ1v) is 27.0. The maximum absolute atomic E-state index is 12.7. The van der Waals surface area contributed by atoms with Gasteiger partial charge >= 0.3 is 13.8 Å². The van der Waals surface area contributed by atoms with Gasteiger partial charge in [-0.25, -0.2) is 4.57 Å². The number of carbonyl (C=O) groups excluding carboxylic acids is 1. The molecule has 0 aliphatic heterocycles. The van der Waals surface area contributed by atoms with E-state index in [4.69, 9.17) is 18.5 Å². The Morgan fingerprint density at radius 1 is 0.516 bits per heavy atom. The Balaban J connectivity index is 4.17. The zero-order chi connectivity index (χ0) is 45.5. The summed E-state index contributed by atoms with van der Waals surface area (Å²) < 4.78 is 35.1. The van der Waals surface area contributed by atoms with E-state index >= 15 is 0 Å². The molecule has 0 fully saturated rings. The number of ether oxygens (including phenoxy) is 2. The van der Waals surface area contributed by atoms with Gasteiger partial charge in [0.05, 0.1) is 34.4 Å². The van der Waals surface area contributed by atoms with Crippen molar-refractivity contribution in [2.24, 2.45) is 0 Å². The number of phosphoric ester groups is 1. The summed E-state index contributed by atoms with van der Waals surface area (Å²) in [6.07, 6.45) is 58.6. The molecule has 0 aromatic rings. The average molecular weight is 893 g/mol. The number of carbonyl (C=O) groups is 1. The van der Waals surface area contributed by atoms with Crippen molar-refractivity contribution in [3.8, 4) is 0 Å². The van der Waals surface area contributed by atoms with Crippen LogP contribution in [0.5, 0.6) is 0 Å². The maximum atomic E-state index is 12.7. The van der Waals surface area contributed by atoms with Gasteiger partial charge in [-0.05, 0) is 51.4 Å². The van der Waals surface area contributed by atoms with E-state index < -0.39 is 13.9 Å². The van der Waals surface area contributed by atoms with Crippen LogP contribution in [0.4, 0.5) is 0 Å². The summed E-state index contributed by atoms with van der Waals surface area (Å²) in [5.74, 6) is -0.368. The van der Waals surface area contributed by atoms with Crippen molar-refractivity contribution in [2.75, 3.05) is 54.1 Å². The van der Waals surface area contributed by atoms with Gasteiger partial charge in [0.1, 0.15) is 19.3 Å². The van der Waals surface area contributed by atoms with Crippen LogP contribution in [0.1, 0.15) is 213 Å². The van der Waals surface area contributed by atoms with Crippen LogP contribution in [0.2, 0.25) is 0 Å². The molecule has 0 heterocycles. The molecular weight excluding hydrogens is 794 g/mol. The molecule has 0 spiro atoms. The normalized spacial score (nSPS) is 14.1. The fraction of sp³-hybridized carbons (Fsp3) is 0.792. The smallest absolute Gasteiger partial charge is 0.457 e. The molecule has 0 amide bonds. The van der Waals surface area contributed by atoms with Gasteiger partial charge < -0.3 is 18.9 Å².